The molecule has 5 aromatic rings. The molecule has 5 rings (SSSR count). The van der Waals surface area contributed by atoms with Gasteiger partial charge in [-0.3, -0.25) is 19.2 Å². The molecule has 5 N–H and O–H groups in total. The molecule has 0 spiro atoms. The van der Waals surface area contributed by atoms with Crippen LogP contribution in [-0.4, -0.2) is 44.0 Å². The van der Waals surface area contributed by atoms with Gasteiger partial charge in [-0.25, -0.2) is 20.2 Å². The highest BCUT2D eigenvalue weighted by Crippen LogP contribution is 2.31. The zero-order valence-corrected chi connectivity index (χ0v) is 27.0. The zero-order chi connectivity index (χ0) is 33.7. The van der Waals surface area contributed by atoms with Gasteiger partial charge in [-0.1, -0.05) is 53.5 Å². The molecule has 1 amide bonds. The van der Waals surface area contributed by atoms with Gasteiger partial charge in [0, 0.05) is 47.2 Å². The number of nitrogens with zero attached hydrogens (tertiary/aromatic N) is 6. The van der Waals surface area contributed by atoms with Gasteiger partial charge in [-0.05, 0) is 50.0 Å². The standard InChI is InChI=1S/C33H32Cl2FN9O2/c1-42(2)19-31-39-12-13-43(31)23-9-10-26(25(36)16-23)41-33(47)29(14-21-6-4-3-5-7-21)44-20-40-27(17-32(44)46)24-15-22(34)8-11-28(24)45(38)18-30(35)37/h3-13,15-18,20,29H,14,19,37-38H2,1-2H3,(H,41,47)/b30-18-. The first-order valence-electron chi connectivity index (χ1n) is 14.4. The van der Waals surface area contributed by atoms with Crippen molar-refractivity contribution >= 4 is 40.5 Å². The molecule has 2 aromatic heterocycles. The first-order valence-corrected chi connectivity index (χ1v) is 15.1. The van der Waals surface area contributed by atoms with Crippen LogP contribution in [0.1, 0.15) is 17.4 Å². The van der Waals surface area contributed by atoms with Gasteiger partial charge < -0.3 is 20.5 Å². The second-order valence-electron chi connectivity index (χ2n) is 10.9. The minimum absolute atomic E-state index is 0.0399. The summed E-state index contributed by atoms with van der Waals surface area (Å²) >= 11 is 12.1. The van der Waals surface area contributed by atoms with Crippen LogP contribution in [-0.2, 0) is 17.8 Å². The highest BCUT2D eigenvalue weighted by atomic mass is 35.5. The highest BCUT2D eigenvalue weighted by molar-refractivity contribution is 6.31. The number of hydrogen-bond donors (Lipinski definition) is 3. The average Bonchev–Trinajstić information content (AvgIpc) is 3.48. The Labute approximate surface area is 280 Å². The van der Waals surface area contributed by atoms with Crippen LogP contribution < -0.4 is 27.5 Å². The number of imidazole rings is 1. The maximum absolute atomic E-state index is 15.4. The summed E-state index contributed by atoms with van der Waals surface area (Å²) in [6.45, 7) is 0.554. The summed E-state index contributed by atoms with van der Waals surface area (Å²) < 4.78 is 18.4. The first kappa shape index (κ1) is 33.4. The highest BCUT2D eigenvalue weighted by Gasteiger charge is 2.25. The van der Waals surface area contributed by atoms with Gasteiger partial charge in [0.2, 0.25) is 5.91 Å². The molecule has 11 nitrogen and oxygen atoms in total. The topological polar surface area (TPSA) is 140 Å². The van der Waals surface area contributed by atoms with Crippen LogP contribution in [0.5, 0.6) is 0 Å². The molecule has 1 unspecified atom stereocenters. The van der Waals surface area contributed by atoms with Gasteiger partial charge in [-0.2, -0.15) is 0 Å². The molecule has 3 aromatic carbocycles. The van der Waals surface area contributed by atoms with Crippen LogP contribution in [0, 0.1) is 5.82 Å². The average molecular weight is 677 g/mol. The second-order valence-corrected chi connectivity index (χ2v) is 11.8. The monoisotopic (exact) mass is 675 g/mol. The van der Waals surface area contributed by atoms with Crippen LogP contribution in [0.2, 0.25) is 5.02 Å². The second kappa shape index (κ2) is 14.6. The molecule has 14 heteroatoms. The van der Waals surface area contributed by atoms with Crippen LogP contribution in [0.4, 0.5) is 15.8 Å². The van der Waals surface area contributed by atoms with Gasteiger partial charge in [0.25, 0.3) is 5.56 Å². The number of nitrogens with one attached hydrogen (secondary N) is 1. The van der Waals surface area contributed by atoms with Gasteiger partial charge in [0.1, 0.15) is 22.8 Å². The maximum atomic E-state index is 15.4. The third kappa shape index (κ3) is 8.05. The Morgan fingerprint density at radius 1 is 1.09 bits per heavy atom. The number of hydrazine groups is 1. The molecular formula is C33H32Cl2FN9O2. The molecule has 0 aliphatic heterocycles. The molecule has 0 bridgehead atoms. The smallest absolute Gasteiger partial charge is 0.254 e. The lowest BCUT2D eigenvalue weighted by Gasteiger charge is -2.21. The van der Waals surface area contributed by atoms with E-state index in [0.29, 0.717) is 28.5 Å². The van der Waals surface area contributed by atoms with Crippen molar-refractivity contribution in [1.82, 2.24) is 24.0 Å². The minimum atomic E-state index is -1.07. The summed E-state index contributed by atoms with van der Waals surface area (Å²) in [6, 6.07) is 18.7. The van der Waals surface area contributed by atoms with E-state index in [2.05, 4.69) is 15.3 Å². The Kier molecular flexibility index (Phi) is 10.4. The summed E-state index contributed by atoms with van der Waals surface area (Å²) in [5.41, 5.74) is 7.43. The normalized spacial score (nSPS) is 12.3. The molecule has 0 saturated carbocycles. The van der Waals surface area contributed by atoms with E-state index < -0.39 is 23.3 Å². The van der Waals surface area contributed by atoms with E-state index in [4.69, 9.17) is 34.8 Å². The SMILES string of the molecule is CN(C)Cc1nccn1-c1ccc(NC(=O)C(Cc2ccccc2)n2cnc(-c3cc(Cl)ccc3N(N)/C=C(\N)Cl)cc2=O)c(F)c1. The molecular weight excluding hydrogens is 644 g/mol. The summed E-state index contributed by atoms with van der Waals surface area (Å²) in [4.78, 5) is 38.2. The number of benzene rings is 3. The van der Waals surface area contributed by atoms with Crippen molar-refractivity contribution < 1.29 is 9.18 Å². The maximum Gasteiger partial charge on any atom is 0.254 e. The van der Waals surface area contributed by atoms with Crippen molar-refractivity contribution in [3.63, 3.8) is 0 Å². The molecule has 242 valence electrons. The van der Waals surface area contributed by atoms with E-state index in [1.807, 2.05) is 49.3 Å². The Balaban J connectivity index is 1.47. The van der Waals surface area contributed by atoms with Gasteiger partial charge in [0.05, 0.1) is 36.1 Å². The largest absolute Gasteiger partial charge is 0.388 e. The molecule has 0 aliphatic carbocycles. The lowest BCUT2D eigenvalue weighted by molar-refractivity contribution is -0.119. The van der Waals surface area contributed by atoms with Crippen molar-refractivity contribution in [3.8, 4) is 16.9 Å². The number of nitrogens with two attached hydrogens (primary N) is 2. The van der Waals surface area contributed by atoms with Crippen molar-refractivity contribution in [1.29, 1.82) is 0 Å². The van der Waals surface area contributed by atoms with Gasteiger partial charge in [-0.15, -0.1) is 0 Å². The zero-order valence-electron chi connectivity index (χ0n) is 25.5. The molecule has 1 atom stereocenters. The van der Waals surface area contributed by atoms with E-state index in [9.17, 15) is 9.59 Å². The fourth-order valence-electron chi connectivity index (χ4n) is 5.03. The Morgan fingerprint density at radius 2 is 1.85 bits per heavy atom. The van der Waals surface area contributed by atoms with Crippen LogP contribution in [0.15, 0.2) is 108 Å². The van der Waals surface area contributed by atoms with Crippen molar-refractivity contribution in [2.45, 2.75) is 19.0 Å². The van der Waals surface area contributed by atoms with Crippen molar-refractivity contribution in [3.05, 3.63) is 135 Å². The van der Waals surface area contributed by atoms with Crippen molar-refractivity contribution in [2.75, 3.05) is 24.4 Å². The number of anilines is 2. The number of rotatable bonds is 11. The lowest BCUT2D eigenvalue weighted by atomic mass is 10.0. The van der Waals surface area contributed by atoms with E-state index >= 15 is 4.39 Å². The fraction of sp³-hybridized carbons (Fsp3) is 0.152. The number of amides is 1. The summed E-state index contributed by atoms with van der Waals surface area (Å²) in [5.74, 6) is 5.60. The molecule has 47 heavy (non-hydrogen) atoms. The van der Waals surface area contributed by atoms with Gasteiger partial charge >= 0.3 is 0 Å². The van der Waals surface area contributed by atoms with Crippen LogP contribution >= 0.6 is 23.2 Å². The number of carbonyl (C=O) groups excluding carboxylic acids is 1. The Morgan fingerprint density at radius 3 is 2.53 bits per heavy atom. The predicted molar refractivity (Wildman–Crippen MR) is 182 cm³/mol. The van der Waals surface area contributed by atoms with Crippen LogP contribution in [0.25, 0.3) is 16.9 Å². The quantitative estimate of drug-likeness (QED) is 0.100. The Hall–Kier alpha value is -5.01. The van der Waals surface area contributed by atoms with Crippen LogP contribution in [0.3, 0.4) is 0 Å². The van der Waals surface area contributed by atoms with E-state index in [0.717, 1.165) is 11.4 Å². The van der Waals surface area contributed by atoms with E-state index in [1.54, 1.807) is 41.2 Å². The van der Waals surface area contributed by atoms with E-state index in [1.165, 1.54) is 40.3 Å². The Bertz CT molecular complexity index is 1970. The summed E-state index contributed by atoms with van der Waals surface area (Å²) in [5, 5.41) is 4.16. The number of carbonyl (C=O) groups is 1. The summed E-state index contributed by atoms with van der Waals surface area (Å²) in [7, 11) is 3.83. The van der Waals surface area contributed by atoms with E-state index in [-0.39, 0.29) is 23.0 Å². The number of hydrogen-bond acceptors (Lipinski definition) is 8. The van der Waals surface area contributed by atoms with Crippen molar-refractivity contribution in [2.24, 2.45) is 11.6 Å². The summed E-state index contributed by atoms with van der Waals surface area (Å²) in [6.07, 6.45) is 6.08. The molecule has 0 radical (unpaired) electrons. The minimum Gasteiger partial charge on any atom is -0.388 e. The number of aromatic nitrogens is 4. The molecule has 0 saturated heterocycles. The molecule has 0 aliphatic rings. The molecule has 2 heterocycles. The third-order valence-corrected chi connectivity index (χ3v) is 7.52. The number of halogens is 3. The third-order valence-electron chi connectivity index (χ3n) is 7.19. The van der Waals surface area contributed by atoms with Gasteiger partial charge in [0.15, 0.2) is 0 Å². The lowest BCUT2D eigenvalue weighted by Crippen LogP contribution is -2.35. The first-order chi connectivity index (χ1) is 22.5. The fourth-order valence-corrected chi connectivity index (χ4v) is 5.30. The molecule has 0 fully saturated rings. The predicted octanol–water partition coefficient (Wildman–Crippen LogP) is 5.05.